The van der Waals surface area contributed by atoms with Crippen molar-refractivity contribution in [3.8, 4) is 0 Å². The molecule has 34 heavy (non-hydrogen) atoms. The molecule has 3 rings (SSSR count). The van der Waals surface area contributed by atoms with Crippen LogP contribution in [0.25, 0.3) is 0 Å². The minimum absolute atomic E-state index is 0.0288. The lowest BCUT2D eigenvalue weighted by atomic mass is 10.0. The van der Waals surface area contributed by atoms with Gasteiger partial charge in [-0.05, 0) is 41.7 Å². The standard InChI is InChI=1S/C28H31FN2O3/c29-25-15-12-24(13-16-25)21-31(27(33)17-14-22-8-3-1-4-9-22)26(28(34)30-18-7-19-32)20-23-10-5-2-6-11-23/h1-6,8-13,15-16,26,32H,7,14,17-21H2,(H,30,34). The van der Waals surface area contributed by atoms with Crippen molar-refractivity contribution in [1.82, 2.24) is 10.2 Å². The number of rotatable bonds is 12. The SMILES string of the molecule is O=C(NCCCO)C(Cc1ccccc1)N(Cc1ccc(F)cc1)C(=O)CCc1ccccc1. The first kappa shape index (κ1) is 25.1. The molecule has 0 spiro atoms. The van der Waals surface area contributed by atoms with E-state index in [1.165, 1.54) is 12.1 Å². The van der Waals surface area contributed by atoms with E-state index in [-0.39, 0.29) is 37.2 Å². The van der Waals surface area contributed by atoms with Gasteiger partial charge in [-0.2, -0.15) is 0 Å². The van der Waals surface area contributed by atoms with E-state index in [4.69, 9.17) is 5.11 Å². The zero-order valence-electron chi connectivity index (χ0n) is 19.2. The smallest absolute Gasteiger partial charge is 0.243 e. The lowest BCUT2D eigenvalue weighted by Crippen LogP contribution is -2.50. The van der Waals surface area contributed by atoms with Gasteiger partial charge in [-0.25, -0.2) is 4.39 Å². The first-order valence-corrected chi connectivity index (χ1v) is 11.6. The number of aliphatic hydroxyl groups is 1. The maximum atomic E-state index is 13.5. The highest BCUT2D eigenvalue weighted by Crippen LogP contribution is 2.17. The largest absolute Gasteiger partial charge is 0.396 e. The minimum Gasteiger partial charge on any atom is -0.396 e. The number of carbonyl (C=O) groups is 2. The highest BCUT2D eigenvalue weighted by Gasteiger charge is 2.30. The van der Waals surface area contributed by atoms with Crippen LogP contribution in [0.15, 0.2) is 84.9 Å². The Bertz CT molecular complexity index is 1030. The van der Waals surface area contributed by atoms with Crippen LogP contribution in [0.4, 0.5) is 4.39 Å². The molecule has 0 heterocycles. The van der Waals surface area contributed by atoms with E-state index in [2.05, 4.69) is 5.32 Å². The Morgan fingerprint density at radius 3 is 2.09 bits per heavy atom. The van der Waals surface area contributed by atoms with Gasteiger partial charge in [0.05, 0.1) is 0 Å². The second-order valence-corrected chi connectivity index (χ2v) is 8.21. The summed E-state index contributed by atoms with van der Waals surface area (Å²) in [5, 5.41) is 12.0. The molecule has 178 valence electrons. The van der Waals surface area contributed by atoms with Crippen molar-refractivity contribution in [1.29, 1.82) is 0 Å². The molecule has 3 aromatic rings. The molecular weight excluding hydrogens is 431 g/mol. The van der Waals surface area contributed by atoms with E-state index in [1.54, 1.807) is 17.0 Å². The summed E-state index contributed by atoms with van der Waals surface area (Å²) in [5.74, 6) is -0.771. The van der Waals surface area contributed by atoms with Gasteiger partial charge in [0.15, 0.2) is 0 Å². The molecular formula is C28H31FN2O3. The third-order valence-corrected chi connectivity index (χ3v) is 5.64. The molecule has 6 heteroatoms. The zero-order chi connectivity index (χ0) is 24.2. The summed E-state index contributed by atoms with van der Waals surface area (Å²) in [7, 11) is 0. The van der Waals surface area contributed by atoms with Crippen molar-refractivity contribution in [2.24, 2.45) is 0 Å². The van der Waals surface area contributed by atoms with Crippen LogP contribution in [-0.4, -0.2) is 41.0 Å². The van der Waals surface area contributed by atoms with E-state index < -0.39 is 6.04 Å². The summed E-state index contributed by atoms with van der Waals surface area (Å²) in [4.78, 5) is 28.3. The van der Waals surface area contributed by atoms with E-state index in [0.717, 1.165) is 16.7 Å². The van der Waals surface area contributed by atoms with Crippen molar-refractivity contribution in [3.63, 3.8) is 0 Å². The molecule has 5 nitrogen and oxygen atoms in total. The molecule has 2 amide bonds. The molecule has 1 unspecified atom stereocenters. The third kappa shape index (κ3) is 7.81. The number of aliphatic hydroxyl groups excluding tert-OH is 1. The summed E-state index contributed by atoms with van der Waals surface area (Å²) in [5.41, 5.74) is 2.73. The number of hydrogen-bond donors (Lipinski definition) is 2. The predicted molar refractivity (Wildman–Crippen MR) is 130 cm³/mol. The van der Waals surface area contributed by atoms with Crippen LogP contribution >= 0.6 is 0 Å². The predicted octanol–water partition coefficient (Wildman–Crippen LogP) is 3.90. The molecule has 0 aliphatic carbocycles. The molecule has 1 atom stereocenters. The van der Waals surface area contributed by atoms with Crippen molar-refractivity contribution in [2.45, 2.75) is 38.3 Å². The first-order valence-electron chi connectivity index (χ1n) is 11.6. The monoisotopic (exact) mass is 462 g/mol. The van der Waals surface area contributed by atoms with Gasteiger partial charge >= 0.3 is 0 Å². The van der Waals surface area contributed by atoms with Crippen LogP contribution in [0.5, 0.6) is 0 Å². The molecule has 0 radical (unpaired) electrons. The number of hydrogen-bond acceptors (Lipinski definition) is 3. The molecule has 0 bridgehead atoms. The number of benzene rings is 3. The van der Waals surface area contributed by atoms with Gasteiger partial charge in [0.1, 0.15) is 11.9 Å². The van der Waals surface area contributed by atoms with Gasteiger partial charge in [0.25, 0.3) is 0 Å². The Balaban J connectivity index is 1.86. The Morgan fingerprint density at radius 2 is 1.47 bits per heavy atom. The molecule has 0 aliphatic heterocycles. The summed E-state index contributed by atoms with van der Waals surface area (Å²) in [6.45, 7) is 0.487. The molecule has 0 aliphatic rings. The van der Waals surface area contributed by atoms with Crippen molar-refractivity contribution in [2.75, 3.05) is 13.2 Å². The van der Waals surface area contributed by atoms with Crippen LogP contribution in [0.3, 0.4) is 0 Å². The lowest BCUT2D eigenvalue weighted by Gasteiger charge is -2.31. The van der Waals surface area contributed by atoms with E-state index in [1.807, 2.05) is 60.7 Å². The van der Waals surface area contributed by atoms with E-state index >= 15 is 0 Å². The third-order valence-electron chi connectivity index (χ3n) is 5.64. The van der Waals surface area contributed by atoms with E-state index in [9.17, 15) is 14.0 Å². The van der Waals surface area contributed by atoms with Gasteiger partial charge in [0, 0.05) is 32.5 Å². The van der Waals surface area contributed by atoms with Crippen molar-refractivity contribution < 1.29 is 19.1 Å². The van der Waals surface area contributed by atoms with Crippen molar-refractivity contribution in [3.05, 3.63) is 107 Å². The first-order chi connectivity index (χ1) is 16.6. The molecule has 3 aromatic carbocycles. The zero-order valence-corrected chi connectivity index (χ0v) is 19.2. The fraction of sp³-hybridized carbons (Fsp3) is 0.286. The quantitative estimate of drug-likeness (QED) is 0.401. The maximum Gasteiger partial charge on any atom is 0.243 e. The van der Waals surface area contributed by atoms with Gasteiger partial charge in [-0.15, -0.1) is 0 Å². The van der Waals surface area contributed by atoms with Gasteiger partial charge in [-0.1, -0.05) is 72.8 Å². The summed E-state index contributed by atoms with van der Waals surface area (Å²) >= 11 is 0. The highest BCUT2D eigenvalue weighted by atomic mass is 19.1. The van der Waals surface area contributed by atoms with Crippen LogP contribution in [0.1, 0.15) is 29.5 Å². The molecule has 0 saturated carbocycles. The number of carbonyl (C=O) groups excluding carboxylic acids is 2. The lowest BCUT2D eigenvalue weighted by molar-refractivity contribution is -0.141. The average Bonchev–Trinajstić information content (AvgIpc) is 2.87. The topological polar surface area (TPSA) is 69.6 Å². The minimum atomic E-state index is -0.741. The second kappa shape index (κ2) is 13.3. The van der Waals surface area contributed by atoms with Crippen LogP contribution in [-0.2, 0) is 29.0 Å². The Kier molecular flexibility index (Phi) is 9.80. The number of halogens is 1. The van der Waals surface area contributed by atoms with Crippen LogP contribution in [0.2, 0.25) is 0 Å². The summed E-state index contributed by atoms with van der Waals surface area (Å²) in [6, 6.07) is 24.5. The van der Waals surface area contributed by atoms with Gasteiger partial charge < -0.3 is 15.3 Å². The Labute approximate surface area is 200 Å². The average molecular weight is 463 g/mol. The number of aryl methyl sites for hydroxylation is 1. The molecule has 0 saturated heterocycles. The number of amides is 2. The van der Waals surface area contributed by atoms with Gasteiger partial charge in [-0.3, -0.25) is 9.59 Å². The maximum absolute atomic E-state index is 13.5. The second-order valence-electron chi connectivity index (χ2n) is 8.21. The van der Waals surface area contributed by atoms with E-state index in [0.29, 0.717) is 25.8 Å². The van der Waals surface area contributed by atoms with Crippen molar-refractivity contribution >= 4 is 11.8 Å². The van der Waals surface area contributed by atoms with Crippen LogP contribution in [0, 0.1) is 5.82 Å². The Hall–Kier alpha value is -3.51. The number of nitrogens with zero attached hydrogens (tertiary/aromatic N) is 1. The molecule has 0 fully saturated rings. The fourth-order valence-corrected chi connectivity index (χ4v) is 3.79. The number of nitrogens with one attached hydrogen (secondary N) is 1. The highest BCUT2D eigenvalue weighted by molar-refractivity contribution is 5.88. The Morgan fingerprint density at radius 1 is 0.853 bits per heavy atom. The summed E-state index contributed by atoms with van der Waals surface area (Å²) < 4.78 is 13.5. The molecule has 2 N–H and O–H groups in total. The summed E-state index contributed by atoms with van der Waals surface area (Å²) in [6.07, 6.45) is 1.60. The fourth-order valence-electron chi connectivity index (χ4n) is 3.79. The van der Waals surface area contributed by atoms with Crippen LogP contribution < -0.4 is 5.32 Å². The normalized spacial score (nSPS) is 11.6. The van der Waals surface area contributed by atoms with Gasteiger partial charge in [0.2, 0.25) is 11.8 Å². The molecule has 0 aromatic heterocycles.